The molecular weight excluding hydrogens is 142 g/mol. The highest BCUT2D eigenvalue weighted by Gasteiger charge is 2.01. The van der Waals surface area contributed by atoms with Gasteiger partial charge in [0, 0.05) is 20.5 Å². The van der Waals surface area contributed by atoms with Gasteiger partial charge in [0.05, 0.1) is 0 Å². The second kappa shape index (κ2) is 4.77. The molecule has 0 saturated carbocycles. The molecule has 11 heavy (non-hydrogen) atoms. The average molecular weight is 157 g/mol. The summed E-state index contributed by atoms with van der Waals surface area (Å²) in [5, 5.41) is 7.42. The average Bonchev–Trinajstić information content (AvgIpc) is 2.13. The third kappa shape index (κ3) is 6.90. The van der Waals surface area contributed by atoms with E-state index < -0.39 is 5.97 Å². The van der Waals surface area contributed by atoms with Gasteiger partial charge in [-0.1, -0.05) is 5.57 Å². The van der Waals surface area contributed by atoms with Crippen LogP contribution < -0.4 is 0 Å². The molecule has 1 aliphatic rings. The van der Waals surface area contributed by atoms with Gasteiger partial charge in [0.25, 0.3) is 5.97 Å². The largest absolute Gasteiger partial charge is 0.481 e. The molecule has 1 rings (SSSR count). The van der Waals surface area contributed by atoms with Crippen LogP contribution in [0.1, 0.15) is 20.3 Å². The molecule has 0 aromatic rings. The summed E-state index contributed by atoms with van der Waals surface area (Å²) in [6.07, 6.45) is 3.45. The smallest absolute Gasteiger partial charge is 0.300 e. The second-order valence-corrected chi connectivity index (χ2v) is 2.73. The van der Waals surface area contributed by atoms with Gasteiger partial charge in [0.15, 0.2) is 0 Å². The first-order valence-corrected chi connectivity index (χ1v) is 3.59. The van der Waals surface area contributed by atoms with Gasteiger partial charge in [-0.2, -0.15) is 0 Å². The summed E-state index contributed by atoms with van der Waals surface area (Å²) in [5.74, 6) is -0.833. The Morgan fingerprint density at radius 3 is 2.27 bits per heavy atom. The lowest BCUT2D eigenvalue weighted by Gasteiger charge is -2.02. The number of aliphatic carboxylic acids is 1. The summed E-state index contributed by atoms with van der Waals surface area (Å²) in [5.41, 5.74) is 1.50. The van der Waals surface area contributed by atoms with Crippen LogP contribution in [0.2, 0.25) is 0 Å². The quantitative estimate of drug-likeness (QED) is 0.576. The lowest BCUT2D eigenvalue weighted by Crippen LogP contribution is -2.04. The predicted octanol–water partition coefficient (Wildman–Crippen LogP) is 1.32. The molecule has 1 N–H and O–H groups in total. The maximum atomic E-state index is 9.00. The number of nitrogens with zero attached hydrogens (tertiary/aromatic N) is 1. The van der Waals surface area contributed by atoms with E-state index in [1.165, 1.54) is 18.5 Å². The van der Waals surface area contributed by atoms with Gasteiger partial charge in [0.1, 0.15) is 0 Å². The SMILES string of the molecule is CC(=O)O.CC1=CN(C)CC1. The van der Waals surface area contributed by atoms with Gasteiger partial charge in [0.2, 0.25) is 0 Å². The third-order valence-corrected chi connectivity index (χ3v) is 1.30. The fraction of sp³-hybridized carbons (Fsp3) is 0.625. The molecule has 3 heteroatoms. The van der Waals surface area contributed by atoms with E-state index in [-0.39, 0.29) is 0 Å². The standard InChI is InChI=1S/C6H11N.C2H4O2/c1-6-3-4-7(2)5-6;1-2(3)4/h5H,3-4H2,1-2H3;1H3,(H,3,4). The lowest BCUT2D eigenvalue weighted by molar-refractivity contribution is -0.134. The van der Waals surface area contributed by atoms with E-state index in [9.17, 15) is 0 Å². The normalized spacial score (nSPS) is 15.2. The molecule has 64 valence electrons. The minimum atomic E-state index is -0.833. The molecule has 0 aromatic heterocycles. The van der Waals surface area contributed by atoms with Crippen molar-refractivity contribution in [3.05, 3.63) is 11.8 Å². The van der Waals surface area contributed by atoms with Gasteiger partial charge in [-0.05, 0) is 19.5 Å². The Bertz CT molecular complexity index is 159. The number of hydrogen-bond donors (Lipinski definition) is 1. The van der Waals surface area contributed by atoms with Crippen molar-refractivity contribution in [2.45, 2.75) is 20.3 Å². The van der Waals surface area contributed by atoms with E-state index in [2.05, 4.69) is 25.1 Å². The number of carboxylic acids is 1. The van der Waals surface area contributed by atoms with Gasteiger partial charge >= 0.3 is 0 Å². The predicted molar refractivity (Wildman–Crippen MR) is 44.3 cm³/mol. The van der Waals surface area contributed by atoms with Crippen molar-refractivity contribution < 1.29 is 9.90 Å². The zero-order valence-corrected chi connectivity index (χ0v) is 7.29. The fourth-order valence-electron chi connectivity index (χ4n) is 0.858. The molecule has 0 unspecified atom stereocenters. The molecular formula is C8H15NO2. The number of rotatable bonds is 0. The van der Waals surface area contributed by atoms with E-state index in [1.807, 2.05) is 0 Å². The first-order chi connectivity index (χ1) is 5.02. The van der Waals surface area contributed by atoms with Crippen LogP contribution in [0.25, 0.3) is 0 Å². The van der Waals surface area contributed by atoms with Crippen LogP contribution in [0.4, 0.5) is 0 Å². The van der Waals surface area contributed by atoms with Gasteiger partial charge in [-0.25, -0.2) is 0 Å². The molecule has 0 bridgehead atoms. The molecule has 1 heterocycles. The summed E-state index contributed by atoms with van der Waals surface area (Å²) in [6, 6.07) is 0. The Hall–Kier alpha value is -0.990. The highest BCUT2D eigenvalue weighted by atomic mass is 16.4. The Morgan fingerprint density at radius 1 is 1.73 bits per heavy atom. The molecule has 0 fully saturated rings. The summed E-state index contributed by atoms with van der Waals surface area (Å²) < 4.78 is 0. The topological polar surface area (TPSA) is 40.5 Å². The van der Waals surface area contributed by atoms with Crippen molar-refractivity contribution in [3.8, 4) is 0 Å². The number of carbonyl (C=O) groups is 1. The van der Waals surface area contributed by atoms with Gasteiger partial charge < -0.3 is 10.0 Å². The van der Waals surface area contributed by atoms with Crippen molar-refractivity contribution >= 4 is 5.97 Å². The summed E-state index contributed by atoms with van der Waals surface area (Å²) in [7, 11) is 2.11. The molecule has 0 amide bonds. The van der Waals surface area contributed by atoms with Crippen molar-refractivity contribution in [1.82, 2.24) is 4.90 Å². The molecule has 0 radical (unpaired) electrons. The van der Waals surface area contributed by atoms with E-state index in [4.69, 9.17) is 9.90 Å². The van der Waals surface area contributed by atoms with E-state index >= 15 is 0 Å². The zero-order chi connectivity index (χ0) is 8.85. The number of carboxylic acid groups (broad SMARTS) is 1. The minimum Gasteiger partial charge on any atom is -0.481 e. The molecule has 0 aliphatic carbocycles. The van der Waals surface area contributed by atoms with E-state index in [1.54, 1.807) is 0 Å². The Morgan fingerprint density at radius 2 is 2.18 bits per heavy atom. The van der Waals surface area contributed by atoms with Crippen molar-refractivity contribution in [3.63, 3.8) is 0 Å². The van der Waals surface area contributed by atoms with Crippen LogP contribution >= 0.6 is 0 Å². The van der Waals surface area contributed by atoms with Crippen LogP contribution in [-0.2, 0) is 4.79 Å². The van der Waals surface area contributed by atoms with Crippen molar-refractivity contribution in [1.29, 1.82) is 0 Å². The summed E-state index contributed by atoms with van der Waals surface area (Å²) in [4.78, 5) is 11.2. The fourth-order valence-corrected chi connectivity index (χ4v) is 0.858. The minimum absolute atomic E-state index is 0.833. The molecule has 0 saturated heterocycles. The molecule has 0 atom stereocenters. The van der Waals surface area contributed by atoms with Crippen LogP contribution in [0.3, 0.4) is 0 Å². The summed E-state index contributed by atoms with van der Waals surface area (Å²) in [6.45, 7) is 4.47. The van der Waals surface area contributed by atoms with Crippen LogP contribution in [0.15, 0.2) is 11.8 Å². The molecule has 3 nitrogen and oxygen atoms in total. The monoisotopic (exact) mass is 157 g/mol. The first-order valence-electron chi connectivity index (χ1n) is 3.59. The van der Waals surface area contributed by atoms with Crippen LogP contribution in [0, 0.1) is 0 Å². The Kier molecular flexibility index (Phi) is 4.34. The molecule has 0 aromatic carbocycles. The highest BCUT2D eigenvalue weighted by Crippen LogP contribution is 2.09. The zero-order valence-electron chi connectivity index (χ0n) is 7.29. The Balaban J connectivity index is 0.000000218. The van der Waals surface area contributed by atoms with Gasteiger partial charge in [-0.15, -0.1) is 0 Å². The first kappa shape index (κ1) is 10.0. The van der Waals surface area contributed by atoms with Crippen molar-refractivity contribution in [2.75, 3.05) is 13.6 Å². The maximum Gasteiger partial charge on any atom is 0.300 e. The van der Waals surface area contributed by atoms with Crippen LogP contribution in [-0.4, -0.2) is 29.6 Å². The van der Waals surface area contributed by atoms with Crippen LogP contribution in [0.5, 0.6) is 0 Å². The van der Waals surface area contributed by atoms with Crippen molar-refractivity contribution in [2.24, 2.45) is 0 Å². The van der Waals surface area contributed by atoms with E-state index in [0.717, 1.165) is 6.92 Å². The lowest BCUT2D eigenvalue weighted by atomic mass is 10.3. The summed E-state index contributed by atoms with van der Waals surface area (Å²) >= 11 is 0. The van der Waals surface area contributed by atoms with E-state index in [0.29, 0.717) is 0 Å². The molecule has 0 spiro atoms. The Labute approximate surface area is 67.3 Å². The third-order valence-electron chi connectivity index (χ3n) is 1.30. The highest BCUT2D eigenvalue weighted by molar-refractivity contribution is 5.62. The van der Waals surface area contributed by atoms with Gasteiger partial charge in [-0.3, -0.25) is 4.79 Å². The number of hydrogen-bond acceptors (Lipinski definition) is 2. The maximum absolute atomic E-state index is 9.00. The second-order valence-electron chi connectivity index (χ2n) is 2.73. The molecule has 1 aliphatic heterocycles.